The topological polar surface area (TPSA) is 106 Å². The Labute approximate surface area is 193 Å². The lowest BCUT2D eigenvalue weighted by molar-refractivity contribution is -0.115. The first kappa shape index (κ1) is 22.0. The van der Waals surface area contributed by atoms with Crippen LogP contribution >= 0.6 is 11.6 Å². The fourth-order valence-electron chi connectivity index (χ4n) is 3.28. The van der Waals surface area contributed by atoms with Crippen LogP contribution in [0.15, 0.2) is 77.9 Å². The average molecular weight is 463 g/mol. The quantitative estimate of drug-likeness (QED) is 0.423. The average Bonchev–Trinajstić information content (AvgIpc) is 3.24. The SMILES string of the molecule is COC(=O)c1c[nH]c(=O)c(NC(=O)Cc2cn(-c3ccccc3)nc2-c2ccc(Cl)cc2)c1. The molecule has 0 spiro atoms. The lowest BCUT2D eigenvalue weighted by Crippen LogP contribution is -2.22. The Balaban J connectivity index is 1.65. The zero-order chi connectivity index (χ0) is 23.4. The number of aromatic amines is 1. The Morgan fingerprint density at radius 3 is 2.55 bits per heavy atom. The summed E-state index contributed by atoms with van der Waals surface area (Å²) in [6, 6.07) is 17.9. The van der Waals surface area contributed by atoms with E-state index >= 15 is 0 Å². The van der Waals surface area contributed by atoms with Crippen LogP contribution in [0.2, 0.25) is 5.02 Å². The first-order valence-corrected chi connectivity index (χ1v) is 10.3. The number of esters is 1. The standard InChI is InChI=1S/C24H19ClN4O4/c1-33-24(32)16-11-20(23(31)26-13-16)27-21(30)12-17-14-29(19-5-3-2-4-6-19)28-22(17)15-7-9-18(25)10-8-15/h2-11,13-14H,12H2,1H3,(H,26,31)(H,27,30). The molecule has 0 atom stereocenters. The summed E-state index contributed by atoms with van der Waals surface area (Å²) < 4.78 is 6.35. The number of aromatic nitrogens is 3. The third-order valence-corrected chi connectivity index (χ3v) is 5.13. The summed E-state index contributed by atoms with van der Waals surface area (Å²) in [6.07, 6.45) is 2.95. The lowest BCUT2D eigenvalue weighted by Gasteiger charge is -2.06. The molecule has 166 valence electrons. The van der Waals surface area contributed by atoms with E-state index in [9.17, 15) is 14.4 Å². The van der Waals surface area contributed by atoms with Gasteiger partial charge in [-0.15, -0.1) is 0 Å². The van der Waals surface area contributed by atoms with Gasteiger partial charge in [-0.05, 0) is 30.3 Å². The maximum Gasteiger partial charge on any atom is 0.339 e. The Morgan fingerprint density at radius 2 is 1.85 bits per heavy atom. The first-order valence-electron chi connectivity index (χ1n) is 9.95. The highest BCUT2D eigenvalue weighted by atomic mass is 35.5. The highest BCUT2D eigenvalue weighted by Crippen LogP contribution is 2.26. The van der Waals surface area contributed by atoms with Crippen LogP contribution in [0.4, 0.5) is 5.69 Å². The van der Waals surface area contributed by atoms with Gasteiger partial charge < -0.3 is 15.0 Å². The maximum absolute atomic E-state index is 12.8. The number of para-hydroxylation sites is 1. The van der Waals surface area contributed by atoms with Crippen molar-refractivity contribution in [2.75, 3.05) is 12.4 Å². The molecule has 2 N–H and O–H groups in total. The van der Waals surface area contributed by atoms with Crippen molar-refractivity contribution in [3.05, 3.63) is 99.6 Å². The number of carbonyl (C=O) groups excluding carboxylic acids is 2. The van der Waals surface area contributed by atoms with Gasteiger partial charge in [-0.25, -0.2) is 9.48 Å². The van der Waals surface area contributed by atoms with Crippen LogP contribution in [0.25, 0.3) is 16.9 Å². The summed E-state index contributed by atoms with van der Waals surface area (Å²) in [4.78, 5) is 39.1. The predicted octanol–water partition coefficient (Wildman–Crippen LogP) is 3.85. The van der Waals surface area contributed by atoms with Crippen LogP contribution in [0, 0.1) is 0 Å². The summed E-state index contributed by atoms with van der Waals surface area (Å²) in [5.74, 6) is -1.07. The number of rotatable bonds is 6. The zero-order valence-corrected chi connectivity index (χ0v) is 18.3. The van der Waals surface area contributed by atoms with Crippen molar-refractivity contribution in [1.82, 2.24) is 14.8 Å². The predicted molar refractivity (Wildman–Crippen MR) is 125 cm³/mol. The van der Waals surface area contributed by atoms with Crippen molar-refractivity contribution in [2.45, 2.75) is 6.42 Å². The van der Waals surface area contributed by atoms with Crippen molar-refractivity contribution in [1.29, 1.82) is 0 Å². The molecule has 9 heteroatoms. The molecule has 2 aromatic heterocycles. The summed E-state index contributed by atoms with van der Waals surface area (Å²) in [5, 5.41) is 7.83. The number of halogens is 1. The molecule has 0 saturated carbocycles. The van der Waals surface area contributed by atoms with Crippen molar-refractivity contribution >= 4 is 29.2 Å². The minimum absolute atomic E-state index is 0.0489. The third-order valence-electron chi connectivity index (χ3n) is 4.88. The molecule has 33 heavy (non-hydrogen) atoms. The normalized spacial score (nSPS) is 10.6. The van der Waals surface area contributed by atoms with Crippen LogP contribution in [0.1, 0.15) is 15.9 Å². The van der Waals surface area contributed by atoms with Crippen molar-refractivity contribution in [3.8, 4) is 16.9 Å². The number of benzene rings is 2. The smallest absolute Gasteiger partial charge is 0.339 e. The molecule has 8 nitrogen and oxygen atoms in total. The molecule has 0 aliphatic rings. The van der Waals surface area contributed by atoms with Crippen LogP contribution in [-0.4, -0.2) is 33.8 Å². The number of ether oxygens (including phenoxy) is 1. The van der Waals surface area contributed by atoms with E-state index in [4.69, 9.17) is 11.6 Å². The van der Waals surface area contributed by atoms with E-state index in [2.05, 4.69) is 20.1 Å². The number of anilines is 1. The third kappa shape index (κ3) is 5.02. The number of nitrogens with one attached hydrogen (secondary N) is 2. The number of amides is 1. The number of H-pyrrole nitrogens is 1. The molecular formula is C24H19ClN4O4. The van der Waals surface area contributed by atoms with Crippen molar-refractivity contribution in [2.24, 2.45) is 0 Å². The summed E-state index contributed by atoms with van der Waals surface area (Å²) in [5.41, 5.74) is 2.43. The molecule has 0 aliphatic carbocycles. The molecule has 0 radical (unpaired) electrons. The van der Waals surface area contributed by atoms with Crippen molar-refractivity contribution < 1.29 is 14.3 Å². The van der Waals surface area contributed by atoms with Gasteiger partial charge in [0.05, 0.1) is 30.5 Å². The molecule has 4 rings (SSSR count). The number of methoxy groups -OCH3 is 1. The summed E-state index contributed by atoms with van der Waals surface area (Å²) >= 11 is 6.02. The monoisotopic (exact) mass is 462 g/mol. The van der Waals surface area contributed by atoms with E-state index < -0.39 is 17.4 Å². The summed E-state index contributed by atoms with van der Waals surface area (Å²) in [6.45, 7) is 0. The molecule has 4 aromatic rings. The van der Waals surface area contributed by atoms with Gasteiger partial charge in [-0.3, -0.25) is 9.59 Å². The fourth-order valence-corrected chi connectivity index (χ4v) is 3.41. The lowest BCUT2D eigenvalue weighted by atomic mass is 10.1. The molecule has 0 unspecified atom stereocenters. The number of nitrogens with zero attached hydrogens (tertiary/aromatic N) is 2. The summed E-state index contributed by atoms with van der Waals surface area (Å²) in [7, 11) is 1.23. The number of carbonyl (C=O) groups is 2. The van der Waals surface area contributed by atoms with E-state index in [-0.39, 0.29) is 17.7 Å². The Bertz CT molecular complexity index is 1360. The second-order valence-electron chi connectivity index (χ2n) is 7.14. The van der Waals surface area contributed by atoms with Gasteiger partial charge in [0.25, 0.3) is 5.56 Å². The highest BCUT2D eigenvalue weighted by molar-refractivity contribution is 6.30. The Morgan fingerprint density at radius 1 is 1.12 bits per heavy atom. The zero-order valence-electron chi connectivity index (χ0n) is 17.5. The van der Waals surface area contributed by atoms with Gasteiger partial charge in [-0.1, -0.05) is 41.9 Å². The fraction of sp³-hybridized carbons (Fsp3) is 0.0833. The van der Waals surface area contributed by atoms with Gasteiger partial charge in [0.2, 0.25) is 5.91 Å². The second kappa shape index (κ2) is 9.54. The molecular weight excluding hydrogens is 444 g/mol. The van der Waals surface area contributed by atoms with Crippen LogP contribution in [0.3, 0.4) is 0 Å². The van der Waals surface area contributed by atoms with E-state index in [1.54, 1.807) is 23.0 Å². The van der Waals surface area contributed by atoms with Gasteiger partial charge in [0.1, 0.15) is 5.69 Å². The van der Waals surface area contributed by atoms with Crippen LogP contribution in [0.5, 0.6) is 0 Å². The highest BCUT2D eigenvalue weighted by Gasteiger charge is 2.17. The molecule has 0 fully saturated rings. The van der Waals surface area contributed by atoms with Gasteiger partial charge in [0, 0.05) is 28.5 Å². The molecule has 1 amide bonds. The molecule has 0 saturated heterocycles. The van der Waals surface area contributed by atoms with E-state index in [1.165, 1.54) is 19.4 Å². The Kier molecular flexibility index (Phi) is 6.37. The van der Waals surface area contributed by atoms with Crippen LogP contribution in [-0.2, 0) is 16.0 Å². The van der Waals surface area contributed by atoms with Gasteiger partial charge >= 0.3 is 5.97 Å². The van der Waals surface area contributed by atoms with E-state index in [1.807, 2.05) is 42.5 Å². The molecule has 2 heterocycles. The minimum Gasteiger partial charge on any atom is -0.465 e. The number of pyridine rings is 1. The maximum atomic E-state index is 12.8. The van der Waals surface area contributed by atoms with Crippen molar-refractivity contribution in [3.63, 3.8) is 0 Å². The number of hydrogen-bond donors (Lipinski definition) is 2. The molecule has 0 aliphatic heterocycles. The van der Waals surface area contributed by atoms with Gasteiger partial charge in [0.15, 0.2) is 0 Å². The molecule has 2 aromatic carbocycles. The van der Waals surface area contributed by atoms with Crippen LogP contribution < -0.4 is 10.9 Å². The number of hydrogen-bond acceptors (Lipinski definition) is 5. The minimum atomic E-state index is -0.629. The van der Waals surface area contributed by atoms with Gasteiger partial charge in [-0.2, -0.15) is 5.10 Å². The van der Waals surface area contributed by atoms with E-state index in [0.717, 1.165) is 11.3 Å². The van der Waals surface area contributed by atoms with E-state index in [0.29, 0.717) is 16.3 Å². The molecule has 0 bridgehead atoms. The largest absolute Gasteiger partial charge is 0.465 e. The first-order chi connectivity index (χ1) is 15.9. The Hall–Kier alpha value is -4.17. The second-order valence-corrected chi connectivity index (χ2v) is 7.57.